The van der Waals surface area contributed by atoms with E-state index in [1.54, 1.807) is 17.9 Å². The molecule has 1 saturated heterocycles. The first-order chi connectivity index (χ1) is 21.0. The van der Waals surface area contributed by atoms with Crippen LogP contribution >= 0.6 is 0 Å². The molecule has 2 aliphatic heterocycles. The second kappa shape index (κ2) is 13.8. The molecule has 0 spiro atoms. The summed E-state index contributed by atoms with van der Waals surface area (Å²) in [6.45, 7) is 8.58. The smallest absolute Gasteiger partial charge is 0.338 e. The van der Waals surface area contributed by atoms with Crippen molar-refractivity contribution in [1.29, 1.82) is 0 Å². The summed E-state index contributed by atoms with van der Waals surface area (Å²) in [5.74, 6) is 0.755. The molecule has 1 N–H and O–H groups in total. The van der Waals surface area contributed by atoms with E-state index in [4.69, 9.17) is 9.47 Å². The Balaban J connectivity index is 1.44. The lowest BCUT2D eigenvalue weighted by atomic mass is 9.93. The normalized spacial score (nSPS) is 17.3. The molecule has 2 heterocycles. The molecule has 1 fully saturated rings. The van der Waals surface area contributed by atoms with E-state index in [2.05, 4.69) is 16.8 Å². The van der Waals surface area contributed by atoms with E-state index >= 15 is 0 Å². The molecule has 0 aliphatic carbocycles. The van der Waals surface area contributed by atoms with Crippen molar-refractivity contribution in [1.82, 2.24) is 20.0 Å². The zero-order chi connectivity index (χ0) is 30.2. The third kappa shape index (κ3) is 6.95. The number of esters is 1. The van der Waals surface area contributed by atoms with E-state index in [0.29, 0.717) is 66.6 Å². The summed E-state index contributed by atoms with van der Waals surface area (Å²) >= 11 is 0. The molecule has 43 heavy (non-hydrogen) atoms. The van der Waals surface area contributed by atoms with Gasteiger partial charge in [-0.15, -0.1) is 6.58 Å². The minimum atomic E-state index is -0.747. The summed E-state index contributed by atoms with van der Waals surface area (Å²) in [5.41, 5.74) is 2.27. The largest absolute Gasteiger partial charge is 0.463 e. The fourth-order valence-corrected chi connectivity index (χ4v) is 5.36. The number of urea groups is 1. The molecule has 3 amide bonds. The molecule has 222 valence electrons. The lowest BCUT2D eigenvalue weighted by Gasteiger charge is -2.40. The van der Waals surface area contributed by atoms with Gasteiger partial charge in [0.25, 0.3) is 5.91 Å². The molecule has 0 saturated carbocycles. The van der Waals surface area contributed by atoms with Crippen LogP contribution in [0.5, 0.6) is 11.5 Å². The third-order valence-electron chi connectivity index (χ3n) is 7.47. The van der Waals surface area contributed by atoms with Crippen LogP contribution in [0.25, 0.3) is 0 Å². The zero-order valence-electron chi connectivity index (χ0n) is 24.3. The number of hydrogen-bond acceptors (Lipinski definition) is 6. The number of amides is 3. The molecule has 5 rings (SSSR count). The number of para-hydroxylation sites is 1. The van der Waals surface area contributed by atoms with Crippen molar-refractivity contribution < 1.29 is 23.9 Å². The van der Waals surface area contributed by atoms with Gasteiger partial charge in [0, 0.05) is 50.5 Å². The summed E-state index contributed by atoms with van der Waals surface area (Å²) in [7, 11) is 0. The van der Waals surface area contributed by atoms with Crippen LogP contribution in [0, 0.1) is 0 Å². The van der Waals surface area contributed by atoms with Crippen LogP contribution < -0.4 is 10.1 Å². The van der Waals surface area contributed by atoms with Gasteiger partial charge < -0.3 is 19.7 Å². The first-order valence-electron chi connectivity index (χ1n) is 14.5. The lowest BCUT2D eigenvalue weighted by molar-refractivity contribution is -0.139. The van der Waals surface area contributed by atoms with E-state index in [-0.39, 0.29) is 25.1 Å². The van der Waals surface area contributed by atoms with Gasteiger partial charge >= 0.3 is 12.0 Å². The maximum atomic E-state index is 13.6. The molecule has 0 radical (unpaired) electrons. The zero-order valence-corrected chi connectivity index (χ0v) is 24.3. The average Bonchev–Trinajstić information content (AvgIpc) is 3.03. The van der Waals surface area contributed by atoms with Gasteiger partial charge in [-0.1, -0.05) is 54.6 Å². The monoisotopic (exact) mass is 580 g/mol. The number of ether oxygens (including phenoxy) is 2. The van der Waals surface area contributed by atoms with Crippen LogP contribution in [0.4, 0.5) is 4.79 Å². The maximum absolute atomic E-state index is 13.6. The average molecular weight is 581 g/mol. The quantitative estimate of drug-likeness (QED) is 0.268. The Kier molecular flexibility index (Phi) is 9.53. The molecule has 3 aromatic carbocycles. The molecular weight excluding hydrogens is 544 g/mol. The molecule has 9 nitrogen and oxygen atoms in total. The van der Waals surface area contributed by atoms with Gasteiger partial charge in [-0.2, -0.15) is 0 Å². The standard InChI is InChI=1S/C34H36N4O5/c1-3-18-38-29(24-36-19-21-37(22-20-36)32(39)25-12-7-5-8-13-25)30(33(40)42-4-2)31(35-34(38)41)26-14-11-17-28(23-26)43-27-15-9-6-10-16-27/h3,5-17,23,31H,1,4,18-22,24H2,2H3,(H,35,41). The van der Waals surface area contributed by atoms with E-state index in [1.165, 1.54) is 0 Å². The molecular formula is C34H36N4O5. The number of carbonyl (C=O) groups excluding carboxylic acids is 3. The van der Waals surface area contributed by atoms with Crippen molar-refractivity contribution >= 4 is 17.9 Å². The maximum Gasteiger partial charge on any atom is 0.338 e. The predicted octanol–water partition coefficient (Wildman–Crippen LogP) is 5.01. The number of nitrogens with one attached hydrogen (secondary N) is 1. The number of benzene rings is 3. The van der Waals surface area contributed by atoms with Crippen LogP contribution in [0.15, 0.2) is 109 Å². The number of carbonyl (C=O) groups is 3. The van der Waals surface area contributed by atoms with E-state index < -0.39 is 12.0 Å². The molecule has 2 aliphatic rings. The number of rotatable bonds is 10. The minimum absolute atomic E-state index is 0.00493. The number of hydrogen-bond donors (Lipinski definition) is 1. The molecule has 3 aromatic rings. The van der Waals surface area contributed by atoms with E-state index in [0.717, 1.165) is 0 Å². The Bertz CT molecular complexity index is 1480. The summed E-state index contributed by atoms with van der Waals surface area (Å²) in [4.78, 5) is 45.6. The highest BCUT2D eigenvalue weighted by molar-refractivity contribution is 5.95. The Morgan fingerprint density at radius 2 is 1.60 bits per heavy atom. The summed E-state index contributed by atoms with van der Waals surface area (Å²) in [5, 5.41) is 3.01. The van der Waals surface area contributed by atoms with Crippen LogP contribution in [-0.2, 0) is 9.53 Å². The second-order valence-electron chi connectivity index (χ2n) is 10.3. The lowest BCUT2D eigenvalue weighted by Crippen LogP contribution is -2.53. The van der Waals surface area contributed by atoms with Crippen LogP contribution in [0.3, 0.4) is 0 Å². The Morgan fingerprint density at radius 1 is 0.930 bits per heavy atom. The summed E-state index contributed by atoms with van der Waals surface area (Å²) in [6.07, 6.45) is 1.63. The van der Waals surface area contributed by atoms with Gasteiger partial charge in [-0.05, 0) is 48.9 Å². The Hall–Kier alpha value is -4.89. The van der Waals surface area contributed by atoms with Crippen molar-refractivity contribution in [3.63, 3.8) is 0 Å². The van der Waals surface area contributed by atoms with Gasteiger partial charge in [0.15, 0.2) is 0 Å². The van der Waals surface area contributed by atoms with Crippen molar-refractivity contribution in [2.24, 2.45) is 0 Å². The Morgan fingerprint density at radius 3 is 2.28 bits per heavy atom. The first kappa shape index (κ1) is 29.6. The predicted molar refractivity (Wildman–Crippen MR) is 164 cm³/mol. The van der Waals surface area contributed by atoms with Crippen molar-refractivity contribution in [2.75, 3.05) is 45.9 Å². The third-order valence-corrected chi connectivity index (χ3v) is 7.47. The Labute approximate surface area is 252 Å². The number of nitrogens with zero attached hydrogens (tertiary/aromatic N) is 3. The van der Waals surface area contributed by atoms with Gasteiger partial charge in [-0.3, -0.25) is 14.6 Å². The van der Waals surface area contributed by atoms with Crippen LogP contribution in [0.1, 0.15) is 28.9 Å². The first-order valence-corrected chi connectivity index (χ1v) is 14.5. The summed E-state index contributed by atoms with van der Waals surface area (Å²) in [6, 6.07) is 24.9. The van der Waals surface area contributed by atoms with Crippen molar-refractivity contribution in [3.05, 3.63) is 120 Å². The van der Waals surface area contributed by atoms with Crippen molar-refractivity contribution in [3.8, 4) is 11.5 Å². The number of piperazine rings is 1. The SMILES string of the molecule is C=CCN1C(=O)NC(c2cccc(Oc3ccccc3)c2)C(C(=O)OCC)=C1CN1CCN(C(=O)c2ccccc2)CC1. The molecule has 0 bridgehead atoms. The van der Waals surface area contributed by atoms with Crippen LogP contribution in [-0.4, -0.2) is 78.5 Å². The van der Waals surface area contributed by atoms with E-state index in [1.807, 2.05) is 89.8 Å². The fourth-order valence-electron chi connectivity index (χ4n) is 5.36. The summed E-state index contributed by atoms with van der Waals surface area (Å²) < 4.78 is 11.6. The van der Waals surface area contributed by atoms with Gasteiger partial charge in [-0.25, -0.2) is 9.59 Å². The molecule has 1 atom stereocenters. The van der Waals surface area contributed by atoms with Gasteiger partial charge in [0.05, 0.1) is 18.2 Å². The fraction of sp³-hybridized carbons (Fsp3) is 0.265. The molecule has 0 aromatic heterocycles. The minimum Gasteiger partial charge on any atom is -0.463 e. The molecule has 1 unspecified atom stereocenters. The van der Waals surface area contributed by atoms with Gasteiger partial charge in [0.1, 0.15) is 11.5 Å². The topological polar surface area (TPSA) is 91.4 Å². The highest BCUT2D eigenvalue weighted by Gasteiger charge is 2.39. The molecule has 9 heteroatoms. The van der Waals surface area contributed by atoms with Crippen molar-refractivity contribution in [2.45, 2.75) is 13.0 Å². The van der Waals surface area contributed by atoms with Gasteiger partial charge in [0.2, 0.25) is 0 Å². The van der Waals surface area contributed by atoms with Crippen LogP contribution in [0.2, 0.25) is 0 Å². The second-order valence-corrected chi connectivity index (χ2v) is 10.3. The van der Waals surface area contributed by atoms with E-state index in [9.17, 15) is 14.4 Å². The highest BCUT2D eigenvalue weighted by atomic mass is 16.5. The highest BCUT2D eigenvalue weighted by Crippen LogP contribution is 2.34.